The monoisotopic (exact) mass is 191 g/mol. The number of fused-ring (bicyclic) bond motifs is 1. The van der Waals surface area contributed by atoms with Gasteiger partial charge in [-0.25, -0.2) is 0 Å². The molecule has 4 nitrogen and oxygen atoms in total. The molecule has 1 atom stereocenters. The highest BCUT2D eigenvalue weighted by Gasteiger charge is 2.21. The molecule has 2 rings (SSSR count). The summed E-state index contributed by atoms with van der Waals surface area (Å²) in [5.41, 5.74) is 6.47. The van der Waals surface area contributed by atoms with Crippen LogP contribution < -0.4 is 15.4 Å². The molecule has 0 fully saturated rings. The second kappa shape index (κ2) is 3.67. The zero-order chi connectivity index (χ0) is 9.97. The van der Waals surface area contributed by atoms with Gasteiger partial charge in [-0.2, -0.15) is 0 Å². The molecule has 0 saturated carbocycles. The van der Waals surface area contributed by atoms with Crippen LogP contribution in [0.5, 0.6) is 5.75 Å². The van der Waals surface area contributed by atoms with E-state index in [1.165, 1.54) is 0 Å². The van der Waals surface area contributed by atoms with E-state index in [0.29, 0.717) is 13.3 Å². The van der Waals surface area contributed by atoms with Gasteiger partial charge in [0.05, 0.1) is 11.7 Å². The predicted octanol–water partition coefficient (Wildman–Crippen LogP) is 0.280. The average Bonchev–Trinajstić information content (AvgIpc) is 2.62. The van der Waals surface area contributed by atoms with E-state index in [1.54, 1.807) is 6.29 Å². The van der Waals surface area contributed by atoms with Gasteiger partial charge in [-0.05, 0) is 12.1 Å². The molecule has 0 spiro atoms. The Morgan fingerprint density at radius 2 is 2.36 bits per heavy atom. The lowest BCUT2D eigenvalue weighted by Crippen LogP contribution is -2.38. The summed E-state index contributed by atoms with van der Waals surface area (Å²) in [6, 6.07) is 7.10. The first-order valence-corrected chi connectivity index (χ1v) is 4.41. The molecule has 0 aromatic heterocycles. The third-order valence-electron chi connectivity index (χ3n) is 2.15. The van der Waals surface area contributed by atoms with Gasteiger partial charge in [0.15, 0.2) is 6.73 Å². The van der Waals surface area contributed by atoms with Gasteiger partial charge in [0.25, 0.3) is 0 Å². The average molecular weight is 191 g/mol. The maximum atomic E-state index is 10.3. The number of carbonyl (C=O) groups excluding carboxylic acids is 1. The van der Waals surface area contributed by atoms with Crippen LogP contribution in [-0.4, -0.2) is 25.6 Å². The van der Waals surface area contributed by atoms with Crippen molar-refractivity contribution < 1.29 is 9.53 Å². The second-order valence-electron chi connectivity index (χ2n) is 3.19. The number of hydrogen-bond acceptors (Lipinski definition) is 4. The Balaban J connectivity index is 2.14. The quantitative estimate of drug-likeness (QED) is 0.745. The minimum absolute atomic E-state index is 0.445. The van der Waals surface area contributed by atoms with E-state index in [0.717, 1.165) is 11.4 Å². The largest absolute Gasteiger partial charge is 0.471 e. The minimum atomic E-state index is -0.579. The van der Waals surface area contributed by atoms with E-state index < -0.39 is 6.04 Å². The first-order chi connectivity index (χ1) is 6.81. The number of ether oxygens (including phenoxy) is 1. The minimum Gasteiger partial charge on any atom is -0.471 e. The smallest absolute Gasteiger partial charge is 0.218 e. The van der Waals surface area contributed by atoms with Crippen LogP contribution >= 0.6 is 0 Å². The van der Waals surface area contributed by atoms with Crippen LogP contribution in [0.3, 0.4) is 0 Å². The molecule has 0 aliphatic carbocycles. The van der Waals surface area contributed by atoms with Crippen LogP contribution in [0.25, 0.3) is 0 Å². The molecule has 14 heavy (non-hydrogen) atoms. The van der Waals surface area contributed by atoms with Crippen LogP contribution in [-0.2, 0) is 4.79 Å². The summed E-state index contributed by atoms with van der Waals surface area (Å²) in [6.45, 7) is 0.898. The number of anilines is 1. The zero-order valence-corrected chi connectivity index (χ0v) is 7.64. The highest BCUT2D eigenvalue weighted by molar-refractivity contribution is 5.64. The summed E-state index contributed by atoms with van der Waals surface area (Å²) in [6.07, 6.45) is 1.75. The van der Waals surface area contributed by atoms with E-state index in [9.17, 15) is 4.79 Å². The highest BCUT2D eigenvalue weighted by Crippen LogP contribution is 2.32. The standard InChI is InChI=1S/C10H11N2O2/c11-8(6-13)5-12-7-14-10-4-2-1-3-9(10)12/h1-4,8H,5,7,11H2. The molecule has 1 aromatic rings. The molecule has 1 heterocycles. The summed E-state index contributed by atoms with van der Waals surface area (Å²) >= 11 is 0. The molecule has 0 amide bonds. The predicted molar refractivity (Wildman–Crippen MR) is 53.0 cm³/mol. The Kier molecular flexibility index (Phi) is 2.37. The summed E-state index contributed by atoms with van der Waals surface area (Å²) in [5, 5.41) is 0. The van der Waals surface area contributed by atoms with Crippen LogP contribution in [0.2, 0.25) is 0 Å². The van der Waals surface area contributed by atoms with Crippen molar-refractivity contribution in [2.75, 3.05) is 18.2 Å². The summed E-state index contributed by atoms with van der Waals surface area (Å²) in [4.78, 5) is 12.2. The maximum absolute atomic E-state index is 10.3. The van der Waals surface area contributed by atoms with Crippen molar-refractivity contribution in [3.05, 3.63) is 24.3 Å². The fraction of sp³-hybridized carbons (Fsp3) is 0.300. The Hall–Kier alpha value is -1.55. The maximum Gasteiger partial charge on any atom is 0.218 e. The van der Waals surface area contributed by atoms with Crippen LogP contribution in [0.15, 0.2) is 24.3 Å². The van der Waals surface area contributed by atoms with E-state index in [1.807, 2.05) is 29.2 Å². The van der Waals surface area contributed by atoms with E-state index >= 15 is 0 Å². The van der Waals surface area contributed by atoms with Crippen molar-refractivity contribution in [1.82, 2.24) is 0 Å². The summed E-state index contributed by atoms with van der Waals surface area (Å²) < 4.78 is 5.40. The highest BCUT2D eigenvalue weighted by atomic mass is 16.5. The molecule has 1 radical (unpaired) electrons. The number of hydrogen-bond donors (Lipinski definition) is 1. The SMILES string of the molecule is NC([C]=O)CN1COc2ccccc21. The van der Waals surface area contributed by atoms with Crippen molar-refractivity contribution >= 4 is 12.0 Å². The van der Waals surface area contributed by atoms with Gasteiger partial charge in [-0.15, -0.1) is 0 Å². The van der Waals surface area contributed by atoms with Crippen LogP contribution in [0.4, 0.5) is 5.69 Å². The first-order valence-electron chi connectivity index (χ1n) is 4.41. The molecule has 0 saturated heterocycles. The molecular formula is C10H11N2O2. The molecule has 4 heteroatoms. The molecule has 73 valence electrons. The number of nitrogens with two attached hydrogens (primary N) is 1. The second-order valence-corrected chi connectivity index (χ2v) is 3.19. The summed E-state index contributed by atoms with van der Waals surface area (Å²) in [5.74, 6) is 0.839. The van der Waals surface area contributed by atoms with E-state index in [4.69, 9.17) is 10.5 Å². The Morgan fingerprint density at radius 1 is 1.57 bits per heavy atom. The fourth-order valence-corrected chi connectivity index (χ4v) is 1.48. The molecular weight excluding hydrogens is 180 g/mol. The topological polar surface area (TPSA) is 55.6 Å². The lowest BCUT2D eigenvalue weighted by atomic mass is 10.2. The number of benzene rings is 1. The lowest BCUT2D eigenvalue weighted by molar-refractivity contribution is 0.345. The Morgan fingerprint density at radius 3 is 3.14 bits per heavy atom. The van der Waals surface area contributed by atoms with Crippen molar-refractivity contribution in [2.24, 2.45) is 5.73 Å². The molecule has 2 N–H and O–H groups in total. The number of rotatable bonds is 3. The molecule has 1 aromatic carbocycles. The van der Waals surface area contributed by atoms with Gasteiger partial charge < -0.3 is 15.4 Å². The third-order valence-corrected chi connectivity index (χ3v) is 2.15. The van der Waals surface area contributed by atoms with Crippen LogP contribution in [0.1, 0.15) is 0 Å². The Labute approximate surface area is 82.3 Å². The summed E-state index contributed by atoms with van der Waals surface area (Å²) in [7, 11) is 0. The number of para-hydroxylation sites is 2. The van der Waals surface area contributed by atoms with Gasteiger partial charge in [-0.1, -0.05) is 12.1 Å². The normalized spacial score (nSPS) is 15.9. The van der Waals surface area contributed by atoms with Crippen molar-refractivity contribution in [1.29, 1.82) is 0 Å². The fourth-order valence-electron chi connectivity index (χ4n) is 1.48. The molecule has 0 bridgehead atoms. The van der Waals surface area contributed by atoms with Gasteiger partial charge in [0.2, 0.25) is 6.29 Å². The van der Waals surface area contributed by atoms with E-state index in [-0.39, 0.29) is 0 Å². The van der Waals surface area contributed by atoms with Gasteiger partial charge in [0.1, 0.15) is 5.75 Å². The van der Waals surface area contributed by atoms with Gasteiger partial charge >= 0.3 is 0 Å². The zero-order valence-electron chi connectivity index (χ0n) is 7.64. The first kappa shape index (κ1) is 9.02. The molecule has 1 unspecified atom stereocenters. The van der Waals surface area contributed by atoms with Crippen molar-refractivity contribution in [3.8, 4) is 5.75 Å². The third kappa shape index (κ3) is 1.56. The van der Waals surface area contributed by atoms with Crippen molar-refractivity contribution in [3.63, 3.8) is 0 Å². The van der Waals surface area contributed by atoms with Crippen LogP contribution in [0, 0.1) is 0 Å². The van der Waals surface area contributed by atoms with Crippen molar-refractivity contribution in [2.45, 2.75) is 6.04 Å². The molecule has 1 aliphatic rings. The molecule has 1 aliphatic heterocycles. The van der Waals surface area contributed by atoms with E-state index in [2.05, 4.69) is 0 Å². The Bertz CT molecular complexity index is 341. The van der Waals surface area contributed by atoms with Gasteiger partial charge in [0, 0.05) is 6.54 Å². The number of nitrogens with zero attached hydrogens (tertiary/aromatic N) is 1. The van der Waals surface area contributed by atoms with Gasteiger partial charge in [-0.3, -0.25) is 4.79 Å². The lowest BCUT2D eigenvalue weighted by Gasteiger charge is -2.17.